The van der Waals surface area contributed by atoms with Crippen molar-refractivity contribution in [3.05, 3.63) is 12.2 Å². The molecule has 0 aromatic rings. The van der Waals surface area contributed by atoms with Crippen LogP contribution in [0, 0.1) is 0 Å². The van der Waals surface area contributed by atoms with Crippen molar-refractivity contribution in [2.45, 2.75) is 109 Å². The summed E-state index contributed by atoms with van der Waals surface area (Å²) in [4.78, 5) is 18.1. The Morgan fingerprint density at radius 2 is 1.50 bits per heavy atom. The molecule has 0 aromatic heterocycles. The molecule has 5 nitrogen and oxygen atoms in total. The van der Waals surface area contributed by atoms with Crippen LogP contribution in [0.5, 0.6) is 0 Å². The zero-order valence-electron chi connectivity index (χ0n) is 17.6. The number of hydrogen-bond donors (Lipinski definition) is 2. The van der Waals surface area contributed by atoms with Crippen LogP contribution < -0.4 is 0 Å². The Hall–Kier alpha value is 0.190. The minimum Gasteiger partial charge on any atom is -0.350 e. The molecule has 28 heavy (non-hydrogen) atoms. The molecule has 0 bridgehead atoms. The van der Waals surface area contributed by atoms with Crippen molar-refractivity contribution in [3.8, 4) is 0 Å². The van der Waals surface area contributed by atoms with Gasteiger partial charge in [-0.3, -0.25) is 0 Å². The normalized spacial score (nSPS) is 20.4. The SMILES string of the molecule is CCCCCCC/C=C/CCCCCCCC[C@@H]1OC[C@H](COP(O)(O)=S)O1. The van der Waals surface area contributed by atoms with Gasteiger partial charge in [0.25, 0.3) is 0 Å². The highest BCUT2D eigenvalue weighted by atomic mass is 32.5. The third kappa shape index (κ3) is 16.0. The van der Waals surface area contributed by atoms with E-state index in [1.165, 1.54) is 77.0 Å². The predicted molar refractivity (Wildman–Crippen MR) is 119 cm³/mol. The molecule has 0 unspecified atom stereocenters. The van der Waals surface area contributed by atoms with Crippen molar-refractivity contribution in [3.63, 3.8) is 0 Å². The summed E-state index contributed by atoms with van der Waals surface area (Å²) >= 11 is 4.42. The van der Waals surface area contributed by atoms with Crippen LogP contribution in [0.25, 0.3) is 0 Å². The molecule has 0 amide bonds. The lowest BCUT2D eigenvalue weighted by atomic mass is 10.1. The van der Waals surface area contributed by atoms with E-state index in [0.29, 0.717) is 6.61 Å². The average molecular weight is 437 g/mol. The molecule has 1 rings (SSSR count). The van der Waals surface area contributed by atoms with Crippen LogP contribution in [-0.4, -0.2) is 35.4 Å². The first-order valence-electron chi connectivity index (χ1n) is 11.1. The molecule has 2 atom stereocenters. The van der Waals surface area contributed by atoms with E-state index in [-0.39, 0.29) is 19.0 Å². The van der Waals surface area contributed by atoms with Gasteiger partial charge in [-0.2, -0.15) is 0 Å². The maximum Gasteiger partial charge on any atom is 0.321 e. The Morgan fingerprint density at radius 3 is 2.11 bits per heavy atom. The maximum atomic E-state index is 9.06. The van der Waals surface area contributed by atoms with Gasteiger partial charge in [0.1, 0.15) is 6.10 Å². The number of ether oxygens (including phenoxy) is 2. The van der Waals surface area contributed by atoms with Crippen molar-refractivity contribution in [2.24, 2.45) is 0 Å². The van der Waals surface area contributed by atoms with Crippen molar-refractivity contribution in [2.75, 3.05) is 13.2 Å². The molecule has 1 heterocycles. The third-order valence-corrected chi connectivity index (χ3v) is 5.74. The Morgan fingerprint density at radius 1 is 0.929 bits per heavy atom. The Balaban J connectivity index is 1.83. The summed E-state index contributed by atoms with van der Waals surface area (Å²) in [6.07, 6.45) is 21.9. The van der Waals surface area contributed by atoms with Gasteiger partial charge in [0.15, 0.2) is 6.29 Å². The van der Waals surface area contributed by atoms with E-state index < -0.39 is 6.72 Å². The topological polar surface area (TPSA) is 68.2 Å². The lowest BCUT2D eigenvalue weighted by molar-refractivity contribution is -0.0691. The van der Waals surface area contributed by atoms with E-state index in [1.54, 1.807) is 0 Å². The molecule has 1 aliphatic heterocycles. The molecule has 7 heteroatoms. The number of rotatable bonds is 18. The Labute approximate surface area is 177 Å². The molecular weight excluding hydrogens is 395 g/mol. The third-order valence-electron chi connectivity index (χ3n) is 4.94. The molecule has 0 saturated carbocycles. The molecule has 0 radical (unpaired) electrons. The van der Waals surface area contributed by atoms with E-state index in [4.69, 9.17) is 23.8 Å². The number of hydrogen-bond acceptors (Lipinski definition) is 4. The first-order valence-corrected chi connectivity index (χ1v) is 13.8. The highest BCUT2D eigenvalue weighted by Crippen LogP contribution is 2.37. The summed E-state index contributed by atoms with van der Waals surface area (Å²) in [5, 5.41) is 0. The fourth-order valence-corrected chi connectivity index (χ4v) is 3.85. The lowest BCUT2D eigenvalue weighted by Gasteiger charge is -2.13. The first-order chi connectivity index (χ1) is 13.5. The molecule has 1 fully saturated rings. The Kier molecular flexibility index (Phi) is 15.9. The summed E-state index contributed by atoms with van der Waals surface area (Å²) in [5.41, 5.74) is 0. The summed E-state index contributed by atoms with van der Waals surface area (Å²) in [6.45, 7) is -0.838. The molecule has 1 saturated heterocycles. The molecule has 0 aromatic carbocycles. The van der Waals surface area contributed by atoms with Gasteiger partial charge in [0.2, 0.25) is 0 Å². The minimum atomic E-state index is -3.60. The van der Waals surface area contributed by atoms with Gasteiger partial charge in [-0.05, 0) is 50.3 Å². The van der Waals surface area contributed by atoms with E-state index >= 15 is 0 Å². The maximum absolute atomic E-state index is 9.06. The predicted octanol–water partition coefficient (Wildman–Crippen LogP) is 5.99. The molecule has 166 valence electrons. The van der Waals surface area contributed by atoms with Crippen LogP contribution in [0.15, 0.2) is 12.2 Å². The van der Waals surface area contributed by atoms with Crippen LogP contribution in [0.3, 0.4) is 0 Å². The van der Waals surface area contributed by atoms with E-state index in [1.807, 2.05) is 0 Å². The van der Waals surface area contributed by atoms with E-state index in [0.717, 1.165) is 12.8 Å². The monoisotopic (exact) mass is 436 g/mol. The van der Waals surface area contributed by atoms with E-state index in [2.05, 4.69) is 30.9 Å². The highest BCUT2D eigenvalue weighted by molar-refractivity contribution is 8.06. The second kappa shape index (κ2) is 16.9. The summed E-state index contributed by atoms with van der Waals surface area (Å²) < 4.78 is 16.0. The number of allylic oxidation sites excluding steroid dienone is 2. The van der Waals surface area contributed by atoms with Crippen molar-refractivity contribution >= 4 is 18.5 Å². The summed E-state index contributed by atoms with van der Waals surface area (Å²) in [6, 6.07) is 0. The van der Waals surface area contributed by atoms with Crippen LogP contribution in [0.1, 0.15) is 96.8 Å². The van der Waals surface area contributed by atoms with Crippen LogP contribution in [0.2, 0.25) is 0 Å². The standard InChI is InChI=1S/C21H41O5PS/c1-2-3-4-5-6-7-8-9-10-11-12-13-14-15-16-17-21-24-18-20(26-21)19-25-27(22,23)28/h8-9,20-21H,2-7,10-19H2,1H3,(H2,22,23,28)/b9-8+/t20-,21-/m1/s1. The zero-order valence-corrected chi connectivity index (χ0v) is 19.3. The second-order valence-electron chi connectivity index (χ2n) is 7.68. The molecular formula is C21H41O5PS. The second-order valence-corrected chi connectivity index (χ2v) is 10.3. The van der Waals surface area contributed by atoms with Crippen molar-refractivity contribution in [1.29, 1.82) is 0 Å². The van der Waals surface area contributed by atoms with Gasteiger partial charge < -0.3 is 23.8 Å². The zero-order chi connectivity index (χ0) is 20.5. The van der Waals surface area contributed by atoms with Crippen LogP contribution >= 0.6 is 6.72 Å². The molecule has 1 aliphatic rings. The molecule has 0 aliphatic carbocycles. The van der Waals surface area contributed by atoms with Gasteiger partial charge in [0, 0.05) is 0 Å². The van der Waals surface area contributed by atoms with E-state index in [9.17, 15) is 0 Å². The summed E-state index contributed by atoms with van der Waals surface area (Å²) in [7, 11) is 0. The van der Waals surface area contributed by atoms with Crippen molar-refractivity contribution in [1.82, 2.24) is 0 Å². The Bertz CT molecular complexity index is 441. The smallest absolute Gasteiger partial charge is 0.321 e. The quantitative estimate of drug-likeness (QED) is 0.156. The highest BCUT2D eigenvalue weighted by Gasteiger charge is 2.27. The van der Waals surface area contributed by atoms with Gasteiger partial charge in [0.05, 0.1) is 13.2 Å². The first kappa shape index (κ1) is 26.2. The van der Waals surface area contributed by atoms with Crippen LogP contribution in [-0.2, 0) is 25.8 Å². The lowest BCUT2D eigenvalue weighted by Crippen LogP contribution is -2.18. The van der Waals surface area contributed by atoms with Gasteiger partial charge in [-0.1, -0.05) is 70.4 Å². The van der Waals surface area contributed by atoms with Crippen molar-refractivity contribution < 1.29 is 23.8 Å². The minimum absolute atomic E-state index is 0.0775. The van der Waals surface area contributed by atoms with Crippen LogP contribution in [0.4, 0.5) is 0 Å². The largest absolute Gasteiger partial charge is 0.350 e. The molecule has 0 spiro atoms. The fourth-order valence-electron chi connectivity index (χ4n) is 3.31. The van der Waals surface area contributed by atoms with Gasteiger partial charge in [-0.25, -0.2) is 0 Å². The average Bonchev–Trinajstić information content (AvgIpc) is 3.10. The fraction of sp³-hybridized carbons (Fsp3) is 0.905. The summed E-state index contributed by atoms with van der Waals surface area (Å²) in [5.74, 6) is 0. The van der Waals surface area contributed by atoms with Gasteiger partial charge in [-0.15, -0.1) is 0 Å². The molecule has 2 N–H and O–H groups in total. The van der Waals surface area contributed by atoms with Gasteiger partial charge >= 0.3 is 6.72 Å². The number of unbranched alkanes of at least 4 members (excludes halogenated alkanes) is 11.